The van der Waals surface area contributed by atoms with Gasteiger partial charge >= 0.3 is 6.09 Å². The summed E-state index contributed by atoms with van der Waals surface area (Å²) in [5.74, 6) is 0.240. The molecule has 0 atom stereocenters. The van der Waals surface area contributed by atoms with E-state index < -0.39 is 11.9 Å². The normalized spacial score (nSPS) is 14.0. The smallest absolute Gasteiger partial charge is 0.413 e. The van der Waals surface area contributed by atoms with Gasteiger partial charge in [-0.05, 0) is 51.2 Å². The van der Waals surface area contributed by atoms with Crippen LogP contribution in [0, 0.1) is 17.1 Å². The molecule has 0 unspecified atom stereocenters. The molecule has 2 aromatic carbocycles. The quantitative estimate of drug-likeness (QED) is 0.368. The Morgan fingerprint density at radius 2 is 1.79 bits per heavy atom. The highest BCUT2D eigenvalue weighted by Gasteiger charge is 2.26. The Morgan fingerprint density at radius 3 is 2.41 bits per heavy atom. The third kappa shape index (κ3) is 4.89. The number of carbonyl (C=O) groups excluding carboxylic acids is 1. The Balaban J connectivity index is 1.67. The summed E-state index contributed by atoms with van der Waals surface area (Å²) in [6.07, 6.45) is 4.86. The summed E-state index contributed by atoms with van der Waals surface area (Å²) in [4.78, 5) is 27.2. The average Bonchev–Trinajstić information content (AvgIpc) is 3.45. The van der Waals surface area contributed by atoms with Crippen molar-refractivity contribution in [3.05, 3.63) is 66.4 Å². The van der Waals surface area contributed by atoms with Gasteiger partial charge in [-0.1, -0.05) is 18.2 Å². The van der Waals surface area contributed by atoms with E-state index in [1.165, 1.54) is 20.2 Å². The zero-order chi connectivity index (χ0) is 27.7. The Hall–Kier alpha value is -4.49. The molecule has 200 valence electrons. The van der Waals surface area contributed by atoms with Crippen LogP contribution in [0.1, 0.15) is 18.4 Å². The summed E-state index contributed by atoms with van der Waals surface area (Å²) < 4.78 is 22.0. The molecule has 10 heteroatoms. The van der Waals surface area contributed by atoms with Crippen LogP contribution in [-0.4, -0.2) is 72.7 Å². The predicted octanol–water partition coefficient (Wildman–Crippen LogP) is 4.81. The van der Waals surface area contributed by atoms with Crippen molar-refractivity contribution >= 4 is 23.1 Å². The maximum atomic E-state index is 15.4. The zero-order valence-electron chi connectivity index (χ0n) is 22.4. The van der Waals surface area contributed by atoms with Crippen molar-refractivity contribution in [2.75, 3.05) is 51.1 Å². The van der Waals surface area contributed by atoms with Gasteiger partial charge in [0.05, 0.1) is 48.3 Å². The van der Waals surface area contributed by atoms with Crippen LogP contribution in [0.2, 0.25) is 0 Å². The lowest BCUT2D eigenvalue weighted by molar-refractivity contribution is 0.180. The number of benzene rings is 2. The van der Waals surface area contributed by atoms with E-state index in [4.69, 9.17) is 9.72 Å². The maximum Gasteiger partial charge on any atom is 0.413 e. The van der Waals surface area contributed by atoms with Gasteiger partial charge in [-0.3, -0.25) is 9.30 Å². The van der Waals surface area contributed by atoms with E-state index in [0.717, 1.165) is 47.7 Å². The van der Waals surface area contributed by atoms with Crippen molar-refractivity contribution in [1.29, 1.82) is 5.26 Å². The average molecular weight is 528 g/mol. The summed E-state index contributed by atoms with van der Waals surface area (Å²) in [6.45, 7) is 1.71. The first kappa shape index (κ1) is 26.1. The number of hydrogen-bond acceptors (Lipinski definition) is 7. The number of hydrogen-bond donors (Lipinski definition) is 0. The topological polar surface area (TPSA) is 90.0 Å². The van der Waals surface area contributed by atoms with Gasteiger partial charge in [-0.2, -0.15) is 5.26 Å². The van der Waals surface area contributed by atoms with Gasteiger partial charge in [0.15, 0.2) is 5.82 Å². The number of imidazole rings is 1. The number of halogens is 1. The fourth-order valence-corrected chi connectivity index (χ4v) is 5.14. The molecule has 9 nitrogen and oxygen atoms in total. The van der Waals surface area contributed by atoms with Crippen LogP contribution in [0.15, 0.2) is 55.0 Å². The molecule has 1 fully saturated rings. The molecule has 3 heterocycles. The molecule has 0 N–H and O–H groups in total. The predicted molar refractivity (Wildman–Crippen MR) is 148 cm³/mol. The Bertz CT molecular complexity index is 1550. The maximum absolute atomic E-state index is 15.4. The lowest BCUT2D eigenvalue weighted by Crippen LogP contribution is -2.42. The summed E-state index contributed by atoms with van der Waals surface area (Å²) >= 11 is 0. The highest BCUT2D eigenvalue weighted by Crippen LogP contribution is 2.37. The van der Waals surface area contributed by atoms with Crippen LogP contribution in [0.4, 0.5) is 20.7 Å². The van der Waals surface area contributed by atoms with Crippen molar-refractivity contribution in [2.45, 2.75) is 18.9 Å². The van der Waals surface area contributed by atoms with Crippen LogP contribution in [0.5, 0.6) is 0 Å². The molecule has 2 aromatic heterocycles. The molecule has 1 aliphatic rings. The highest BCUT2D eigenvalue weighted by atomic mass is 19.1. The number of nitriles is 1. The van der Waals surface area contributed by atoms with Crippen molar-refractivity contribution in [3.8, 4) is 28.6 Å². The molecule has 0 radical (unpaired) electrons. The van der Waals surface area contributed by atoms with Gasteiger partial charge < -0.3 is 14.5 Å². The lowest BCUT2D eigenvalue weighted by atomic mass is 10.0. The Labute approximate surface area is 226 Å². The van der Waals surface area contributed by atoms with Gasteiger partial charge in [-0.25, -0.2) is 19.2 Å². The minimum atomic E-state index is -0.666. The second-order valence-corrected chi connectivity index (χ2v) is 9.85. The Morgan fingerprint density at radius 1 is 1.10 bits per heavy atom. The van der Waals surface area contributed by atoms with Crippen molar-refractivity contribution < 1.29 is 13.9 Å². The molecular formula is C29H30FN7O2. The first-order valence-corrected chi connectivity index (χ1v) is 12.7. The monoisotopic (exact) mass is 527 g/mol. The third-order valence-corrected chi connectivity index (χ3v) is 7.36. The molecule has 39 heavy (non-hydrogen) atoms. The number of methoxy groups -OCH3 is 1. The van der Waals surface area contributed by atoms with Crippen LogP contribution >= 0.6 is 0 Å². The van der Waals surface area contributed by atoms with Gasteiger partial charge in [-0.15, -0.1) is 0 Å². The molecule has 4 aromatic rings. The number of fused-ring (bicyclic) bond motifs is 1. The summed E-state index contributed by atoms with van der Waals surface area (Å²) in [5, 5.41) is 9.31. The summed E-state index contributed by atoms with van der Waals surface area (Å²) in [6, 6.07) is 14.6. The molecule has 1 saturated heterocycles. The number of ether oxygens (including phenoxy) is 1. The van der Waals surface area contributed by atoms with E-state index in [1.54, 1.807) is 36.8 Å². The molecule has 0 aliphatic carbocycles. The number of anilines is 2. The molecule has 5 rings (SSSR count). The van der Waals surface area contributed by atoms with Crippen LogP contribution in [-0.2, 0) is 4.74 Å². The van der Waals surface area contributed by atoms with Crippen molar-refractivity contribution in [2.24, 2.45) is 0 Å². The molecule has 0 bridgehead atoms. The second-order valence-electron chi connectivity index (χ2n) is 9.85. The van der Waals surface area contributed by atoms with Crippen molar-refractivity contribution in [3.63, 3.8) is 0 Å². The van der Waals surface area contributed by atoms with E-state index in [1.807, 2.05) is 16.5 Å². The number of amides is 1. The fraction of sp³-hybridized carbons (Fsp3) is 0.310. The van der Waals surface area contributed by atoms with Crippen LogP contribution in [0.25, 0.3) is 28.0 Å². The van der Waals surface area contributed by atoms with Gasteiger partial charge in [0.25, 0.3) is 0 Å². The van der Waals surface area contributed by atoms with E-state index in [-0.39, 0.29) is 5.69 Å². The number of aromatic nitrogens is 3. The Kier molecular flexibility index (Phi) is 7.17. The third-order valence-electron chi connectivity index (χ3n) is 7.36. The zero-order valence-corrected chi connectivity index (χ0v) is 22.4. The minimum Gasteiger partial charge on any atom is -0.452 e. The number of rotatable bonds is 5. The highest BCUT2D eigenvalue weighted by molar-refractivity contribution is 5.89. The number of carbonyl (C=O) groups is 1. The molecule has 1 aliphatic heterocycles. The number of piperidine rings is 1. The first-order valence-electron chi connectivity index (χ1n) is 12.7. The number of nitrogens with zero attached hydrogens (tertiary/aromatic N) is 7. The van der Waals surface area contributed by atoms with Crippen molar-refractivity contribution in [1.82, 2.24) is 19.3 Å². The van der Waals surface area contributed by atoms with E-state index in [2.05, 4.69) is 34.9 Å². The summed E-state index contributed by atoms with van der Waals surface area (Å²) in [5.41, 5.74) is 4.12. The largest absolute Gasteiger partial charge is 0.452 e. The minimum absolute atomic E-state index is 0.0979. The van der Waals surface area contributed by atoms with Gasteiger partial charge in [0.1, 0.15) is 11.3 Å². The molecule has 1 amide bonds. The fourth-order valence-electron chi connectivity index (χ4n) is 5.14. The van der Waals surface area contributed by atoms with Crippen LogP contribution < -0.4 is 9.80 Å². The van der Waals surface area contributed by atoms with E-state index in [0.29, 0.717) is 28.6 Å². The van der Waals surface area contributed by atoms with E-state index >= 15 is 4.39 Å². The van der Waals surface area contributed by atoms with Gasteiger partial charge in [0, 0.05) is 37.3 Å². The second kappa shape index (κ2) is 10.7. The first-order chi connectivity index (χ1) is 18.8. The molecular weight excluding hydrogens is 497 g/mol. The van der Waals surface area contributed by atoms with Crippen LogP contribution in [0.3, 0.4) is 0 Å². The molecule has 0 saturated carbocycles. The summed E-state index contributed by atoms with van der Waals surface area (Å²) in [7, 11) is 6.93. The van der Waals surface area contributed by atoms with Gasteiger partial charge in [0.2, 0.25) is 0 Å². The lowest BCUT2D eigenvalue weighted by Gasteiger charge is -2.36. The SMILES string of the molecule is COC(=O)N(C)c1ccc(-c2c(-c3ccc(C#N)cc3)nc(N3CCC(N(C)C)CC3)c3cncn23)cc1F. The molecule has 0 spiro atoms. The van der Waals surface area contributed by atoms with E-state index in [9.17, 15) is 10.1 Å². The standard InChI is InChI=1S/C29H30FN7O2/c1-34(2)22-11-13-36(14-12-22)28-25-17-32-18-37(25)27(26(33-28)20-7-5-19(16-31)6-8-20)21-9-10-24(23(30)15-21)35(3)29(38)39-4/h5-10,15,17-18,22H,11-14H2,1-4H3.